The number of rotatable bonds is 4. The number of hydrogen-bond donors (Lipinski definition) is 3. The van der Waals surface area contributed by atoms with Crippen molar-refractivity contribution in [1.82, 2.24) is 34.3 Å². The van der Waals surface area contributed by atoms with Gasteiger partial charge in [-0.05, 0) is 0 Å². The van der Waals surface area contributed by atoms with Crippen molar-refractivity contribution in [1.29, 1.82) is 0 Å². The van der Waals surface area contributed by atoms with Crippen LogP contribution in [0.15, 0.2) is 17.4 Å². The van der Waals surface area contributed by atoms with Crippen molar-refractivity contribution < 1.29 is 10.2 Å². The first-order valence-electron chi connectivity index (χ1n) is 7.51. The van der Waals surface area contributed by atoms with Crippen molar-refractivity contribution in [3.05, 3.63) is 29.0 Å². The second kappa shape index (κ2) is 5.69. The largest absolute Gasteiger partial charge is 0.394 e. The van der Waals surface area contributed by atoms with E-state index in [1.165, 1.54) is 12.7 Å². The number of aromatic amines is 1. The molecule has 0 aromatic carbocycles. The third-order valence-electron chi connectivity index (χ3n) is 4.22. The van der Waals surface area contributed by atoms with E-state index in [9.17, 15) is 15.0 Å². The maximum Gasteiger partial charge on any atom is 0.343 e. The maximum atomic E-state index is 11.6. The summed E-state index contributed by atoms with van der Waals surface area (Å²) in [4.78, 5) is 26.5. The number of imidazole rings is 1. The van der Waals surface area contributed by atoms with Gasteiger partial charge in [-0.15, -0.1) is 0 Å². The summed E-state index contributed by atoms with van der Waals surface area (Å²) >= 11 is 0. The summed E-state index contributed by atoms with van der Waals surface area (Å²) < 4.78 is 3.23. The number of H-pyrrole nitrogens is 1. The molecule has 11 nitrogen and oxygen atoms in total. The van der Waals surface area contributed by atoms with E-state index < -0.39 is 6.04 Å². The SMILES string of the molecule is O=c1[nH]nc2n1CCN(c1ncnc3c1ncn3C(CO)CO)C2. The zero-order valence-corrected chi connectivity index (χ0v) is 12.7. The number of anilines is 1. The van der Waals surface area contributed by atoms with Gasteiger partial charge in [-0.2, -0.15) is 5.10 Å². The molecule has 4 heterocycles. The van der Waals surface area contributed by atoms with Crippen LogP contribution >= 0.6 is 0 Å². The maximum absolute atomic E-state index is 11.6. The predicted octanol–water partition coefficient (Wildman–Crippen LogP) is -1.74. The monoisotopic (exact) mass is 332 g/mol. The van der Waals surface area contributed by atoms with Crippen LogP contribution in [0.3, 0.4) is 0 Å². The minimum absolute atomic E-state index is 0.213. The molecule has 3 aromatic heterocycles. The van der Waals surface area contributed by atoms with Gasteiger partial charge >= 0.3 is 5.69 Å². The van der Waals surface area contributed by atoms with Crippen LogP contribution in [0.4, 0.5) is 5.82 Å². The summed E-state index contributed by atoms with van der Waals surface area (Å²) in [5.74, 6) is 1.27. The van der Waals surface area contributed by atoms with Crippen molar-refractivity contribution in [2.75, 3.05) is 24.7 Å². The van der Waals surface area contributed by atoms with Crippen molar-refractivity contribution in [2.45, 2.75) is 19.1 Å². The van der Waals surface area contributed by atoms with E-state index in [-0.39, 0.29) is 18.9 Å². The van der Waals surface area contributed by atoms with Gasteiger partial charge in [-0.1, -0.05) is 0 Å². The van der Waals surface area contributed by atoms with Gasteiger partial charge in [0, 0.05) is 13.1 Å². The molecule has 0 amide bonds. The van der Waals surface area contributed by atoms with Crippen LogP contribution in [-0.2, 0) is 13.1 Å². The lowest BCUT2D eigenvalue weighted by Crippen LogP contribution is -2.37. The van der Waals surface area contributed by atoms with Crippen LogP contribution in [0.25, 0.3) is 11.2 Å². The lowest BCUT2D eigenvalue weighted by Gasteiger charge is -2.27. The summed E-state index contributed by atoms with van der Waals surface area (Å²) in [5.41, 5.74) is 0.907. The van der Waals surface area contributed by atoms with Crippen molar-refractivity contribution >= 4 is 17.0 Å². The molecule has 0 radical (unpaired) electrons. The number of nitrogens with zero attached hydrogens (tertiary/aromatic N) is 7. The molecule has 0 atom stereocenters. The fourth-order valence-corrected chi connectivity index (χ4v) is 2.92. The second-order valence-electron chi connectivity index (χ2n) is 5.56. The molecule has 0 fully saturated rings. The van der Waals surface area contributed by atoms with Crippen LogP contribution in [0.1, 0.15) is 11.9 Å². The van der Waals surface area contributed by atoms with E-state index >= 15 is 0 Å². The molecule has 3 aromatic rings. The summed E-state index contributed by atoms with van der Waals surface area (Å²) in [7, 11) is 0. The molecule has 0 aliphatic carbocycles. The van der Waals surface area contributed by atoms with E-state index in [4.69, 9.17) is 0 Å². The molecular formula is C13H16N8O3. The Balaban J connectivity index is 1.74. The summed E-state index contributed by atoms with van der Waals surface area (Å²) in [6, 6.07) is -0.504. The molecule has 4 rings (SSSR count). The van der Waals surface area contributed by atoms with Crippen LogP contribution < -0.4 is 10.6 Å². The molecule has 0 saturated carbocycles. The van der Waals surface area contributed by atoms with Gasteiger partial charge in [-0.3, -0.25) is 4.57 Å². The van der Waals surface area contributed by atoms with E-state index in [1.807, 2.05) is 4.90 Å². The number of hydrogen-bond acceptors (Lipinski definition) is 8. The van der Waals surface area contributed by atoms with E-state index in [1.54, 1.807) is 9.13 Å². The van der Waals surface area contributed by atoms with Crippen LogP contribution in [0, 0.1) is 0 Å². The highest BCUT2D eigenvalue weighted by Gasteiger charge is 2.24. The fourth-order valence-electron chi connectivity index (χ4n) is 2.92. The Bertz CT molecular complexity index is 925. The normalized spacial score (nSPS) is 14.5. The van der Waals surface area contributed by atoms with Gasteiger partial charge in [0.25, 0.3) is 0 Å². The Hall–Kier alpha value is -2.79. The van der Waals surface area contributed by atoms with Gasteiger partial charge in [0.1, 0.15) is 6.33 Å². The molecular weight excluding hydrogens is 316 g/mol. The lowest BCUT2D eigenvalue weighted by molar-refractivity contribution is 0.156. The molecule has 1 aliphatic rings. The van der Waals surface area contributed by atoms with Crippen molar-refractivity contribution in [3.63, 3.8) is 0 Å². The van der Waals surface area contributed by atoms with Gasteiger partial charge in [-0.25, -0.2) is 24.8 Å². The number of nitrogens with one attached hydrogen (secondary N) is 1. The Kier molecular flexibility index (Phi) is 3.50. The van der Waals surface area contributed by atoms with Crippen molar-refractivity contribution in [3.8, 4) is 0 Å². The van der Waals surface area contributed by atoms with Gasteiger partial charge in [0.2, 0.25) is 0 Å². The van der Waals surface area contributed by atoms with E-state index in [0.29, 0.717) is 42.4 Å². The average molecular weight is 332 g/mol. The number of fused-ring (bicyclic) bond motifs is 2. The zero-order chi connectivity index (χ0) is 16.7. The molecule has 11 heteroatoms. The van der Waals surface area contributed by atoms with E-state index in [0.717, 1.165) is 0 Å². The molecule has 0 spiro atoms. The second-order valence-corrected chi connectivity index (χ2v) is 5.56. The third kappa shape index (κ3) is 2.17. The molecule has 126 valence electrons. The minimum atomic E-state index is -0.504. The number of aromatic nitrogens is 7. The first-order valence-corrected chi connectivity index (χ1v) is 7.51. The Morgan fingerprint density at radius 1 is 1.21 bits per heavy atom. The first-order chi connectivity index (χ1) is 11.7. The van der Waals surface area contributed by atoms with Gasteiger partial charge < -0.3 is 19.7 Å². The molecule has 0 bridgehead atoms. The lowest BCUT2D eigenvalue weighted by atomic mass is 10.3. The highest BCUT2D eigenvalue weighted by Crippen LogP contribution is 2.25. The summed E-state index contributed by atoms with van der Waals surface area (Å²) in [6.07, 6.45) is 2.96. The third-order valence-corrected chi connectivity index (χ3v) is 4.22. The zero-order valence-electron chi connectivity index (χ0n) is 12.7. The Labute approximate surface area is 135 Å². The van der Waals surface area contributed by atoms with Gasteiger partial charge in [0.15, 0.2) is 22.8 Å². The molecule has 1 aliphatic heterocycles. The Morgan fingerprint density at radius 3 is 2.83 bits per heavy atom. The minimum Gasteiger partial charge on any atom is -0.394 e. The van der Waals surface area contributed by atoms with Crippen molar-refractivity contribution in [2.24, 2.45) is 0 Å². The fraction of sp³-hybridized carbons (Fsp3) is 0.462. The highest BCUT2D eigenvalue weighted by atomic mass is 16.3. The first kappa shape index (κ1) is 14.8. The highest BCUT2D eigenvalue weighted by molar-refractivity contribution is 5.83. The van der Waals surface area contributed by atoms with E-state index in [2.05, 4.69) is 25.1 Å². The molecule has 24 heavy (non-hydrogen) atoms. The smallest absolute Gasteiger partial charge is 0.343 e. The quantitative estimate of drug-likeness (QED) is 0.512. The summed E-state index contributed by atoms with van der Waals surface area (Å²) in [6.45, 7) is 1.10. The summed E-state index contributed by atoms with van der Waals surface area (Å²) in [5, 5.41) is 25.2. The van der Waals surface area contributed by atoms with Gasteiger partial charge in [0.05, 0.1) is 32.1 Å². The average Bonchev–Trinajstić information content (AvgIpc) is 3.20. The molecule has 0 saturated heterocycles. The molecule has 0 unspecified atom stereocenters. The Morgan fingerprint density at radius 2 is 2.04 bits per heavy atom. The topological polar surface area (TPSA) is 138 Å². The predicted molar refractivity (Wildman–Crippen MR) is 82.4 cm³/mol. The molecule has 3 N–H and O–H groups in total. The van der Waals surface area contributed by atoms with Crippen LogP contribution in [-0.4, -0.2) is 64.3 Å². The standard InChI is InChI=1S/C13H16N8O3/c22-4-8(5-23)21-7-16-10-11(14-6-15-12(10)21)19-1-2-20-9(3-19)17-18-13(20)24/h6-8,22-23H,1-5H2,(H,18,24). The number of aliphatic hydroxyl groups is 2. The van der Waals surface area contributed by atoms with Crippen LogP contribution in [0.5, 0.6) is 0 Å². The van der Waals surface area contributed by atoms with Crippen LogP contribution in [0.2, 0.25) is 0 Å². The number of aliphatic hydroxyl groups excluding tert-OH is 2.